The van der Waals surface area contributed by atoms with Gasteiger partial charge >= 0.3 is 18.0 Å². The molecular formula is C26H26F8O2. The first kappa shape index (κ1) is 26.5. The van der Waals surface area contributed by atoms with E-state index < -0.39 is 69.3 Å². The molecule has 0 heterocycles. The average Bonchev–Trinajstić information content (AvgIpc) is 2.81. The maximum absolute atomic E-state index is 15.3. The minimum absolute atomic E-state index is 0.104. The van der Waals surface area contributed by atoms with E-state index in [9.17, 15) is 22.0 Å². The van der Waals surface area contributed by atoms with Gasteiger partial charge in [0.1, 0.15) is 0 Å². The van der Waals surface area contributed by atoms with Crippen molar-refractivity contribution in [2.24, 2.45) is 11.8 Å². The van der Waals surface area contributed by atoms with Gasteiger partial charge in [0.05, 0.1) is 23.7 Å². The topological polar surface area (TPSA) is 18.5 Å². The minimum atomic E-state index is -5.25. The summed E-state index contributed by atoms with van der Waals surface area (Å²) < 4.78 is 129. The molecule has 1 saturated carbocycles. The molecule has 1 fully saturated rings. The highest BCUT2D eigenvalue weighted by Gasteiger charge is 2.66. The number of rotatable bonds is 7. The van der Waals surface area contributed by atoms with Crippen LogP contribution >= 0.6 is 0 Å². The van der Waals surface area contributed by atoms with Crippen molar-refractivity contribution in [3.8, 4) is 22.6 Å². The van der Waals surface area contributed by atoms with Gasteiger partial charge in [-0.3, -0.25) is 0 Å². The molecule has 36 heavy (non-hydrogen) atoms. The van der Waals surface area contributed by atoms with Crippen molar-refractivity contribution in [2.75, 3.05) is 6.61 Å². The summed E-state index contributed by atoms with van der Waals surface area (Å²) >= 11 is 0. The standard InChI is InChI=1S/C26H26F8O2/c1-3-5-14-6-8-15(9-7-14)26(33,34)36-19-13-11-17-16-10-12-18(35-4-2)22(27)20(16)24(29,30)25(31,32)21(17)23(19)28/h10-15H,3-9H2,1-2H3. The van der Waals surface area contributed by atoms with Gasteiger partial charge in [0.15, 0.2) is 23.1 Å². The molecule has 0 bridgehead atoms. The van der Waals surface area contributed by atoms with Crippen molar-refractivity contribution in [2.45, 2.75) is 70.3 Å². The van der Waals surface area contributed by atoms with Crippen molar-refractivity contribution in [1.82, 2.24) is 0 Å². The van der Waals surface area contributed by atoms with Gasteiger partial charge in [-0.2, -0.15) is 26.3 Å². The predicted molar refractivity (Wildman–Crippen MR) is 117 cm³/mol. The average molecular weight is 522 g/mol. The molecule has 0 unspecified atom stereocenters. The van der Waals surface area contributed by atoms with Gasteiger partial charge < -0.3 is 9.47 Å². The minimum Gasteiger partial charge on any atom is -0.491 e. The number of ether oxygens (including phenoxy) is 2. The Labute approximate surface area is 203 Å². The van der Waals surface area contributed by atoms with Crippen molar-refractivity contribution in [3.05, 3.63) is 47.0 Å². The fourth-order valence-electron chi connectivity index (χ4n) is 5.26. The molecule has 4 rings (SSSR count). The lowest BCUT2D eigenvalue weighted by atomic mass is 9.79. The lowest BCUT2D eigenvalue weighted by Gasteiger charge is -2.36. The molecule has 0 amide bonds. The van der Waals surface area contributed by atoms with E-state index in [-0.39, 0.29) is 19.4 Å². The summed E-state index contributed by atoms with van der Waals surface area (Å²) in [6.45, 7) is 3.33. The second-order valence-electron chi connectivity index (χ2n) is 9.35. The number of halogens is 8. The Balaban J connectivity index is 1.73. The van der Waals surface area contributed by atoms with E-state index in [2.05, 4.69) is 4.74 Å². The summed E-state index contributed by atoms with van der Waals surface area (Å²) in [5.74, 6) is -17.1. The summed E-state index contributed by atoms with van der Waals surface area (Å²) in [7, 11) is 0. The zero-order valence-electron chi connectivity index (χ0n) is 19.8. The molecule has 2 aromatic carbocycles. The summed E-state index contributed by atoms with van der Waals surface area (Å²) in [5, 5.41) is 0. The fraction of sp³-hybridized carbons (Fsp3) is 0.538. The third-order valence-corrected chi connectivity index (χ3v) is 7.09. The molecule has 2 aromatic rings. The van der Waals surface area contributed by atoms with Gasteiger partial charge in [-0.15, -0.1) is 0 Å². The zero-order valence-corrected chi connectivity index (χ0v) is 19.8. The molecule has 198 valence electrons. The molecule has 0 N–H and O–H groups in total. The highest BCUT2D eigenvalue weighted by Crippen LogP contribution is 2.60. The second-order valence-corrected chi connectivity index (χ2v) is 9.35. The maximum atomic E-state index is 15.3. The van der Waals surface area contributed by atoms with Crippen LogP contribution in [0.4, 0.5) is 35.1 Å². The van der Waals surface area contributed by atoms with Crippen LogP contribution in [0.15, 0.2) is 24.3 Å². The predicted octanol–water partition coefficient (Wildman–Crippen LogP) is 8.81. The Kier molecular flexibility index (Phi) is 6.94. The van der Waals surface area contributed by atoms with Crippen molar-refractivity contribution >= 4 is 0 Å². The van der Waals surface area contributed by atoms with Gasteiger partial charge in [0.25, 0.3) is 0 Å². The first-order valence-electron chi connectivity index (χ1n) is 12.0. The van der Waals surface area contributed by atoms with Crippen molar-refractivity contribution < 1.29 is 44.6 Å². The molecule has 10 heteroatoms. The molecule has 0 aromatic heterocycles. The van der Waals surface area contributed by atoms with Gasteiger partial charge in [-0.25, -0.2) is 8.78 Å². The zero-order chi connectivity index (χ0) is 26.5. The maximum Gasteiger partial charge on any atom is 0.400 e. The third-order valence-electron chi connectivity index (χ3n) is 7.09. The van der Waals surface area contributed by atoms with E-state index in [1.165, 1.54) is 6.92 Å². The van der Waals surface area contributed by atoms with Crippen LogP contribution in [0.25, 0.3) is 11.1 Å². The largest absolute Gasteiger partial charge is 0.491 e. The smallest absolute Gasteiger partial charge is 0.400 e. The van der Waals surface area contributed by atoms with Crippen LogP contribution < -0.4 is 9.47 Å². The Hall–Kier alpha value is -2.52. The summed E-state index contributed by atoms with van der Waals surface area (Å²) in [5.41, 5.74) is -4.89. The van der Waals surface area contributed by atoms with E-state index in [0.29, 0.717) is 24.8 Å². The first-order chi connectivity index (χ1) is 16.9. The van der Waals surface area contributed by atoms with Crippen LogP contribution in [0, 0.1) is 23.5 Å². The quantitative estimate of drug-likeness (QED) is 0.338. The molecule has 0 aliphatic heterocycles. The van der Waals surface area contributed by atoms with Crippen LogP contribution in [-0.2, 0) is 11.8 Å². The number of alkyl halides is 6. The highest BCUT2D eigenvalue weighted by atomic mass is 19.3. The molecule has 0 radical (unpaired) electrons. The number of fused-ring (bicyclic) bond motifs is 3. The molecule has 0 saturated heterocycles. The van der Waals surface area contributed by atoms with Gasteiger partial charge in [0, 0.05) is 0 Å². The third kappa shape index (κ3) is 4.20. The lowest BCUT2D eigenvalue weighted by Crippen LogP contribution is -2.41. The van der Waals surface area contributed by atoms with E-state index in [1.54, 1.807) is 0 Å². The first-order valence-corrected chi connectivity index (χ1v) is 12.0. The number of benzene rings is 2. The summed E-state index contributed by atoms with van der Waals surface area (Å²) in [6, 6.07) is 3.33. The second kappa shape index (κ2) is 9.41. The lowest BCUT2D eigenvalue weighted by molar-refractivity contribution is -0.231. The molecular weight excluding hydrogens is 496 g/mol. The van der Waals surface area contributed by atoms with Gasteiger partial charge in [-0.1, -0.05) is 19.8 Å². The monoisotopic (exact) mass is 522 g/mol. The normalized spacial score (nSPS) is 22.5. The molecule has 2 nitrogen and oxygen atoms in total. The van der Waals surface area contributed by atoms with Crippen LogP contribution in [-0.4, -0.2) is 12.7 Å². The Bertz CT molecular complexity index is 1120. The van der Waals surface area contributed by atoms with Gasteiger partial charge in [-0.05, 0) is 73.9 Å². The number of hydrogen-bond acceptors (Lipinski definition) is 2. The van der Waals surface area contributed by atoms with E-state index in [4.69, 9.17) is 4.74 Å². The molecule has 0 atom stereocenters. The van der Waals surface area contributed by atoms with Crippen LogP contribution in [0.5, 0.6) is 11.5 Å². The Morgan fingerprint density at radius 3 is 1.81 bits per heavy atom. The van der Waals surface area contributed by atoms with E-state index >= 15 is 13.2 Å². The van der Waals surface area contributed by atoms with Crippen LogP contribution in [0.1, 0.15) is 63.5 Å². The summed E-state index contributed by atoms with van der Waals surface area (Å²) in [6.07, 6.45) is -0.811. The SMILES string of the molecule is CCCC1CCC(C(F)(F)Oc2ccc3c(c2F)C(F)(F)C(F)(F)c2c-3ccc(OCC)c2F)CC1. The highest BCUT2D eigenvalue weighted by molar-refractivity contribution is 5.78. The number of hydrogen-bond donors (Lipinski definition) is 0. The van der Waals surface area contributed by atoms with Crippen molar-refractivity contribution in [1.29, 1.82) is 0 Å². The van der Waals surface area contributed by atoms with Crippen LogP contribution in [0.2, 0.25) is 0 Å². The summed E-state index contributed by atoms with van der Waals surface area (Å²) in [4.78, 5) is 0. The van der Waals surface area contributed by atoms with E-state index in [1.807, 2.05) is 6.92 Å². The molecule has 2 aliphatic rings. The Morgan fingerprint density at radius 1 is 0.806 bits per heavy atom. The Morgan fingerprint density at radius 2 is 1.31 bits per heavy atom. The van der Waals surface area contributed by atoms with Crippen LogP contribution in [0.3, 0.4) is 0 Å². The fourth-order valence-corrected chi connectivity index (χ4v) is 5.26. The van der Waals surface area contributed by atoms with E-state index in [0.717, 1.165) is 31.0 Å². The van der Waals surface area contributed by atoms with Crippen molar-refractivity contribution in [3.63, 3.8) is 0 Å². The van der Waals surface area contributed by atoms with Gasteiger partial charge in [0.2, 0.25) is 0 Å². The molecule has 2 aliphatic carbocycles. The molecule has 0 spiro atoms.